The highest BCUT2D eigenvalue weighted by atomic mass is 15.1. The Morgan fingerprint density at radius 3 is 2.00 bits per heavy atom. The number of nitrogens with zero attached hydrogens (tertiary/aromatic N) is 1. The van der Waals surface area contributed by atoms with Crippen LogP contribution in [0.2, 0.25) is 0 Å². The van der Waals surface area contributed by atoms with Crippen LogP contribution in [0.3, 0.4) is 0 Å². The second kappa shape index (κ2) is 5.06. The molecule has 0 atom stereocenters. The average Bonchev–Trinajstić information content (AvgIpc) is 1.83. The van der Waals surface area contributed by atoms with Crippen molar-refractivity contribution in [1.82, 2.24) is 4.90 Å². The topological polar surface area (TPSA) is 29.3 Å². The van der Waals surface area contributed by atoms with E-state index in [1.54, 1.807) is 6.54 Å². The summed E-state index contributed by atoms with van der Waals surface area (Å²) < 4.78 is 0. The third kappa shape index (κ3) is 2.99. The molecule has 2 nitrogen and oxygen atoms in total. The predicted molar refractivity (Wildman–Crippen MR) is 36.3 cm³/mol. The first-order valence-electron chi connectivity index (χ1n) is 3.10. The van der Waals surface area contributed by atoms with Crippen LogP contribution in [-0.4, -0.2) is 24.5 Å². The molecule has 0 unspecified atom stereocenters. The number of hydrogen-bond acceptors (Lipinski definition) is 2. The van der Waals surface area contributed by atoms with Crippen LogP contribution >= 0.6 is 0 Å². The van der Waals surface area contributed by atoms with Gasteiger partial charge in [-0.1, -0.05) is 13.8 Å². The van der Waals surface area contributed by atoms with Gasteiger partial charge in [0.25, 0.3) is 0 Å². The maximum absolute atomic E-state index is 5.21. The van der Waals surface area contributed by atoms with Crippen molar-refractivity contribution < 1.29 is 0 Å². The molecule has 2 N–H and O–H groups in total. The average molecular weight is 115 g/mol. The summed E-state index contributed by atoms with van der Waals surface area (Å²) in [6.45, 7) is 9.04. The molecular formula is C6H15N2. The zero-order chi connectivity index (χ0) is 6.41. The summed E-state index contributed by atoms with van der Waals surface area (Å²) in [6.07, 6.45) is 0. The Morgan fingerprint density at radius 2 is 1.88 bits per heavy atom. The summed E-state index contributed by atoms with van der Waals surface area (Å²) in [6, 6.07) is 0. The summed E-state index contributed by atoms with van der Waals surface area (Å²) in [5.41, 5.74) is 5.21. The second-order valence-corrected chi connectivity index (χ2v) is 1.72. The van der Waals surface area contributed by atoms with Crippen LogP contribution in [0.25, 0.3) is 0 Å². The van der Waals surface area contributed by atoms with Crippen molar-refractivity contribution in [3.8, 4) is 0 Å². The van der Waals surface area contributed by atoms with Gasteiger partial charge >= 0.3 is 0 Å². The van der Waals surface area contributed by atoms with Gasteiger partial charge < -0.3 is 10.6 Å². The van der Waals surface area contributed by atoms with Crippen molar-refractivity contribution >= 4 is 0 Å². The van der Waals surface area contributed by atoms with Gasteiger partial charge in [0.15, 0.2) is 0 Å². The Morgan fingerprint density at radius 1 is 1.38 bits per heavy atom. The third-order valence-electron chi connectivity index (χ3n) is 1.26. The lowest BCUT2D eigenvalue weighted by Gasteiger charge is -2.15. The molecule has 0 spiro atoms. The lowest BCUT2D eigenvalue weighted by atomic mass is 10.5. The molecule has 0 rings (SSSR count). The Kier molecular flexibility index (Phi) is 5.01. The monoisotopic (exact) mass is 115 g/mol. The van der Waals surface area contributed by atoms with Crippen LogP contribution in [0.5, 0.6) is 0 Å². The van der Waals surface area contributed by atoms with Gasteiger partial charge in [-0.3, -0.25) is 0 Å². The van der Waals surface area contributed by atoms with E-state index in [1.165, 1.54) is 0 Å². The van der Waals surface area contributed by atoms with Gasteiger partial charge in [-0.25, -0.2) is 0 Å². The van der Waals surface area contributed by atoms with Crippen LogP contribution in [-0.2, 0) is 0 Å². The molecule has 0 bridgehead atoms. The van der Waals surface area contributed by atoms with Crippen molar-refractivity contribution in [2.24, 2.45) is 5.73 Å². The molecular weight excluding hydrogens is 100 g/mol. The predicted octanol–water partition coefficient (Wildman–Crippen LogP) is 0.449. The number of rotatable bonds is 4. The number of nitrogens with two attached hydrogens (primary N) is 1. The minimum absolute atomic E-state index is 0.910. The second-order valence-electron chi connectivity index (χ2n) is 1.72. The molecule has 0 aromatic carbocycles. The molecule has 0 aliphatic heterocycles. The van der Waals surface area contributed by atoms with Gasteiger partial charge in [0.2, 0.25) is 0 Å². The smallest absolute Gasteiger partial charge is 0.0334 e. The van der Waals surface area contributed by atoms with Gasteiger partial charge in [-0.2, -0.15) is 0 Å². The highest BCUT2D eigenvalue weighted by molar-refractivity contribution is 4.60. The molecule has 0 aromatic heterocycles. The summed E-state index contributed by atoms with van der Waals surface area (Å²) in [5, 5.41) is 0. The van der Waals surface area contributed by atoms with Crippen LogP contribution in [0, 0.1) is 6.54 Å². The molecule has 0 fully saturated rings. The Balaban J connectivity index is 3.07. The van der Waals surface area contributed by atoms with Gasteiger partial charge in [-0.15, -0.1) is 0 Å². The molecule has 1 radical (unpaired) electrons. The van der Waals surface area contributed by atoms with Crippen molar-refractivity contribution in [3.05, 3.63) is 6.54 Å². The van der Waals surface area contributed by atoms with E-state index in [0.29, 0.717) is 0 Å². The SMILES string of the molecule is CCN(CC)C[CH]N. The number of hydrogen-bond donors (Lipinski definition) is 1. The quantitative estimate of drug-likeness (QED) is 0.576. The number of likely N-dealkylation sites (N-methyl/N-ethyl adjacent to an activating group) is 1. The first-order chi connectivity index (χ1) is 3.85. The van der Waals surface area contributed by atoms with Crippen molar-refractivity contribution in [2.75, 3.05) is 19.6 Å². The normalized spacial score (nSPS) is 10.5. The first kappa shape index (κ1) is 7.92. The molecule has 0 aliphatic carbocycles. The van der Waals surface area contributed by atoms with E-state index in [4.69, 9.17) is 5.73 Å². The van der Waals surface area contributed by atoms with Crippen molar-refractivity contribution in [2.45, 2.75) is 13.8 Å². The van der Waals surface area contributed by atoms with Gasteiger partial charge in [0.1, 0.15) is 0 Å². The minimum atomic E-state index is 0.910. The minimum Gasteiger partial charge on any atom is -0.325 e. The van der Waals surface area contributed by atoms with E-state index in [-0.39, 0.29) is 0 Å². The van der Waals surface area contributed by atoms with Gasteiger partial charge in [0, 0.05) is 13.1 Å². The van der Waals surface area contributed by atoms with Crippen LogP contribution in [0.4, 0.5) is 0 Å². The van der Waals surface area contributed by atoms with Gasteiger partial charge in [0.05, 0.1) is 0 Å². The lowest BCUT2D eigenvalue weighted by Crippen LogP contribution is -2.26. The van der Waals surface area contributed by atoms with E-state index in [0.717, 1.165) is 19.6 Å². The highest BCUT2D eigenvalue weighted by Gasteiger charge is 1.93. The molecule has 0 aromatic rings. The van der Waals surface area contributed by atoms with Gasteiger partial charge in [-0.05, 0) is 13.1 Å². The van der Waals surface area contributed by atoms with E-state index in [9.17, 15) is 0 Å². The molecule has 0 heterocycles. The molecule has 0 aliphatic rings. The highest BCUT2D eigenvalue weighted by Crippen LogP contribution is 1.83. The maximum Gasteiger partial charge on any atom is 0.0334 e. The fraction of sp³-hybridized carbons (Fsp3) is 0.833. The maximum atomic E-state index is 5.21. The molecule has 0 saturated heterocycles. The lowest BCUT2D eigenvalue weighted by molar-refractivity contribution is 0.327. The molecule has 8 heavy (non-hydrogen) atoms. The summed E-state index contributed by atoms with van der Waals surface area (Å²) in [4.78, 5) is 2.25. The van der Waals surface area contributed by atoms with E-state index in [1.807, 2.05) is 0 Å². The standard InChI is InChI=1S/C6H15N2/c1-3-8(4-2)6-5-7/h5H,3-4,6-7H2,1-2H3. The largest absolute Gasteiger partial charge is 0.325 e. The first-order valence-corrected chi connectivity index (χ1v) is 3.10. The molecule has 49 valence electrons. The zero-order valence-electron chi connectivity index (χ0n) is 5.72. The molecule has 0 amide bonds. The Labute approximate surface area is 51.7 Å². The van der Waals surface area contributed by atoms with Crippen molar-refractivity contribution in [3.63, 3.8) is 0 Å². The van der Waals surface area contributed by atoms with E-state index >= 15 is 0 Å². The Bertz CT molecular complexity index is 41.8. The van der Waals surface area contributed by atoms with Crippen LogP contribution < -0.4 is 5.73 Å². The molecule has 0 saturated carbocycles. The van der Waals surface area contributed by atoms with Crippen LogP contribution in [0.1, 0.15) is 13.8 Å². The fourth-order valence-electron chi connectivity index (χ4n) is 0.631. The fourth-order valence-corrected chi connectivity index (χ4v) is 0.631. The summed E-state index contributed by atoms with van der Waals surface area (Å²) in [7, 11) is 0. The third-order valence-corrected chi connectivity index (χ3v) is 1.26. The van der Waals surface area contributed by atoms with E-state index < -0.39 is 0 Å². The summed E-state index contributed by atoms with van der Waals surface area (Å²) in [5.74, 6) is 0. The van der Waals surface area contributed by atoms with Crippen molar-refractivity contribution in [1.29, 1.82) is 0 Å². The molecule has 2 heteroatoms. The zero-order valence-corrected chi connectivity index (χ0v) is 5.72. The Hall–Kier alpha value is -0.0800. The summed E-state index contributed by atoms with van der Waals surface area (Å²) >= 11 is 0. The van der Waals surface area contributed by atoms with Crippen LogP contribution in [0.15, 0.2) is 0 Å². The van der Waals surface area contributed by atoms with E-state index in [2.05, 4.69) is 18.7 Å².